The number of carbonyl (C=O) groups excluding carboxylic acids is 1. The van der Waals surface area contributed by atoms with Crippen LogP contribution in [0.1, 0.15) is 34.5 Å². The third kappa shape index (κ3) is 3.63. The van der Waals surface area contributed by atoms with Gasteiger partial charge in [-0.25, -0.2) is 0 Å². The van der Waals surface area contributed by atoms with Crippen LogP contribution in [0.2, 0.25) is 0 Å². The Bertz CT molecular complexity index is 821. The van der Waals surface area contributed by atoms with Crippen molar-refractivity contribution in [2.45, 2.75) is 52.7 Å². The highest BCUT2D eigenvalue weighted by Gasteiger charge is 2.39. The standard InChI is InChI=1S/C18H17F3N2OS2/c19-18(20,21)11-3-1-2-4-14(11)25-16-8-7-15(26-16)17(24)23-13-9-10-5-6-12(13)22-10/h1-4,7-8,10,12-13,22H,5-6,9H2,(H,23,24). The average Bonchev–Trinajstić information content (AvgIpc) is 3.31. The lowest BCUT2D eigenvalue weighted by molar-refractivity contribution is -0.139. The Labute approximate surface area is 157 Å². The zero-order valence-electron chi connectivity index (χ0n) is 13.7. The first-order valence-electron chi connectivity index (χ1n) is 8.41. The topological polar surface area (TPSA) is 41.1 Å². The molecule has 1 aromatic heterocycles. The molecule has 2 fully saturated rings. The van der Waals surface area contributed by atoms with E-state index in [9.17, 15) is 18.0 Å². The van der Waals surface area contributed by atoms with Crippen LogP contribution in [0.15, 0.2) is 45.5 Å². The van der Waals surface area contributed by atoms with Crippen LogP contribution in [-0.2, 0) is 6.18 Å². The Kier molecular flexibility index (Phi) is 4.75. The number of alkyl halides is 3. The zero-order chi connectivity index (χ0) is 18.3. The van der Waals surface area contributed by atoms with Crippen molar-refractivity contribution in [3.8, 4) is 0 Å². The molecule has 0 radical (unpaired) electrons. The van der Waals surface area contributed by atoms with Gasteiger partial charge in [-0.05, 0) is 43.5 Å². The summed E-state index contributed by atoms with van der Waals surface area (Å²) in [7, 11) is 0. The number of hydrogen-bond donors (Lipinski definition) is 2. The number of nitrogens with one attached hydrogen (secondary N) is 2. The highest BCUT2D eigenvalue weighted by molar-refractivity contribution is 8.01. The average molecular weight is 398 g/mol. The number of amides is 1. The molecule has 138 valence electrons. The normalized spacial score (nSPS) is 24.8. The molecule has 4 rings (SSSR count). The van der Waals surface area contributed by atoms with Gasteiger partial charge in [0.25, 0.3) is 5.91 Å². The van der Waals surface area contributed by atoms with Gasteiger partial charge in [0.1, 0.15) is 0 Å². The van der Waals surface area contributed by atoms with Crippen LogP contribution in [0.3, 0.4) is 0 Å². The van der Waals surface area contributed by atoms with Gasteiger partial charge in [0, 0.05) is 23.0 Å². The van der Waals surface area contributed by atoms with Crippen molar-refractivity contribution in [3.63, 3.8) is 0 Å². The highest BCUT2D eigenvalue weighted by atomic mass is 32.2. The first-order valence-corrected chi connectivity index (χ1v) is 10.0. The lowest BCUT2D eigenvalue weighted by atomic mass is 9.95. The Balaban J connectivity index is 1.44. The molecule has 1 amide bonds. The molecule has 2 N–H and O–H groups in total. The molecule has 0 saturated carbocycles. The van der Waals surface area contributed by atoms with Gasteiger partial charge < -0.3 is 10.6 Å². The molecule has 3 unspecified atom stereocenters. The summed E-state index contributed by atoms with van der Waals surface area (Å²) in [5.41, 5.74) is -0.655. The van der Waals surface area contributed by atoms with Gasteiger partial charge in [0.2, 0.25) is 0 Å². The van der Waals surface area contributed by atoms with Crippen LogP contribution in [0, 0.1) is 0 Å². The van der Waals surface area contributed by atoms with E-state index in [4.69, 9.17) is 0 Å². The number of rotatable bonds is 4. The van der Waals surface area contributed by atoms with E-state index in [1.807, 2.05) is 0 Å². The summed E-state index contributed by atoms with van der Waals surface area (Å²) in [6.07, 6.45) is -1.21. The van der Waals surface area contributed by atoms with Crippen molar-refractivity contribution in [2.75, 3.05) is 0 Å². The SMILES string of the molecule is O=C(NC1CC2CCC1N2)c1ccc(Sc2ccccc2C(F)(F)F)s1. The van der Waals surface area contributed by atoms with Crippen LogP contribution in [0.5, 0.6) is 0 Å². The van der Waals surface area contributed by atoms with Gasteiger partial charge in [-0.3, -0.25) is 4.79 Å². The molecule has 2 aromatic rings. The van der Waals surface area contributed by atoms with Crippen molar-refractivity contribution in [1.29, 1.82) is 0 Å². The summed E-state index contributed by atoms with van der Waals surface area (Å²) >= 11 is 2.26. The third-order valence-corrected chi connectivity index (χ3v) is 7.12. The fraction of sp³-hybridized carbons (Fsp3) is 0.389. The summed E-state index contributed by atoms with van der Waals surface area (Å²) in [6.45, 7) is 0. The lowest BCUT2D eigenvalue weighted by Gasteiger charge is -2.20. The van der Waals surface area contributed by atoms with Crippen LogP contribution in [-0.4, -0.2) is 24.0 Å². The molecule has 1 aromatic carbocycles. The van der Waals surface area contributed by atoms with Gasteiger partial charge in [0.05, 0.1) is 14.6 Å². The fourth-order valence-electron chi connectivity index (χ4n) is 3.62. The largest absolute Gasteiger partial charge is 0.417 e. The molecule has 8 heteroatoms. The maximum Gasteiger partial charge on any atom is 0.417 e. The van der Waals surface area contributed by atoms with E-state index >= 15 is 0 Å². The molecule has 2 aliphatic heterocycles. The summed E-state index contributed by atoms with van der Waals surface area (Å²) < 4.78 is 40.0. The zero-order valence-corrected chi connectivity index (χ0v) is 15.3. The molecular formula is C18H17F3N2OS2. The summed E-state index contributed by atoms with van der Waals surface area (Å²) in [5, 5.41) is 6.53. The quantitative estimate of drug-likeness (QED) is 0.795. The van der Waals surface area contributed by atoms with E-state index in [1.54, 1.807) is 18.2 Å². The molecule has 3 atom stereocenters. The number of thiophene rings is 1. The molecule has 2 aliphatic rings. The van der Waals surface area contributed by atoms with Gasteiger partial charge >= 0.3 is 6.18 Å². The van der Waals surface area contributed by atoms with E-state index < -0.39 is 11.7 Å². The van der Waals surface area contributed by atoms with Crippen LogP contribution in [0.4, 0.5) is 13.2 Å². The fourth-order valence-corrected chi connectivity index (χ4v) is 5.76. The van der Waals surface area contributed by atoms with Crippen molar-refractivity contribution >= 4 is 29.0 Å². The van der Waals surface area contributed by atoms with E-state index in [-0.39, 0.29) is 16.8 Å². The van der Waals surface area contributed by atoms with E-state index in [0.717, 1.165) is 37.1 Å². The van der Waals surface area contributed by atoms with Crippen molar-refractivity contribution < 1.29 is 18.0 Å². The number of benzene rings is 1. The molecule has 26 heavy (non-hydrogen) atoms. The number of carbonyl (C=O) groups is 1. The van der Waals surface area contributed by atoms with E-state index in [0.29, 0.717) is 21.2 Å². The molecular weight excluding hydrogens is 381 g/mol. The number of halogens is 3. The molecule has 2 bridgehead atoms. The third-order valence-electron chi connectivity index (χ3n) is 4.82. The van der Waals surface area contributed by atoms with Gasteiger partial charge in [-0.2, -0.15) is 13.2 Å². The predicted molar refractivity (Wildman–Crippen MR) is 95.7 cm³/mol. The monoisotopic (exact) mass is 398 g/mol. The first kappa shape index (κ1) is 17.9. The summed E-state index contributed by atoms with van der Waals surface area (Å²) in [6, 6.07) is 9.86. The second kappa shape index (κ2) is 6.90. The van der Waals surface area contributed by atoms with Gasteiger partial charge in [-0.1, -0.05) is 23.9 Å². The second-order valence-electron chi connectivity index (χ2n) is 6.58. The van der Waals surface area contributed by atoms with Crippen molar-refractivity contribution in [2.24, 2.45) is 0 Å². The molecule has 2 saturated heterocycles. The van der Waals surface area contributed by atoms with E-state index in [2.05, 4.69) is 10.6 Å². The Morgan fingerprint density at radius 1 is 1.19 bits per heavy atom. The molecule has 3 nitrogen and oxygen atoms in total. The minimum atomic E-state index is -4.39. The highest BCUT2D eigenvalue weighted by Crippen LogP contribution is 2.41. The minimum Gasteiger partial charge on any atom is -0.347 e. The van der Waals surface area contributed by atoms with Gasteiger partial charge in [-0.15, -0.1) is 11.3 Å². The first-order chi connectivity index (χ1) is 12.4. The molecule has 0 aliphatic carbocycles. The molecule has 0 spiro atoms. The minimum absolute atomic E-state index is 0.144. The Hall–Kier alpha value is -1.51. The number of fused-ring (bicyclic) bond motifs is 2. The maximum absolute atomic E-state index is 13.1. The van der Waals surface area contributed by atoms with Crippen LogP contribution >= 0.6 is 23.1 Å². The van der Waals surface area contributed by atoms with Crippen molar-refractivity contribution in [3.05, 3.63) is 46.8 Å². The van der Waals surface area contributed by atoms with Crippen molar-refractivity contribution in [1.82, 2.24) is 10.6 Å². The Morgan fingerprint density at radius 2 is 2.00 bits per heavy atom. The van der Waals surface area contributed by atoms with Crippen LogP contribution in [0.25, 0.3) is 0 Å². The molecule has 3 heterocycles. The summed E-state index contributed by atoms with van der Waals surface area (Å²) in [4.78, 5) is 13.1. The summed E-state index contributed by atoms with van der Waals surface area (Å²) in [5.74, 6) is -0.148. The predicted octanol–water partition coefficient (Wildman–Crippen LogP) is 4.54. The van der Waals surface area contributed by atoms with Crippen LogP contribution < -0.4 is 10.6 Å². The Morgan fingerprint density at radius 3 is 2.69 bits per heavy atom. The maximum atomic E-state index is 13.1. The second-order valence-corrected chi connectivity index (χ2v) is 9.00. The lowest BCUT2D eigenvalue weighted by Crippen LogP contribution is -2.42. The smallest absolute Gasteiger partial charge is 0.347 e. The van der Waals surface area contributed by atoms with E-state index in [1.165, 1.54) is 23.5 Å². The number of hydrogen-bond acceptors (Lipinski definition) is 4. The van der Waals surface area contributed by atoms with Gasteiger partial charge in [0.15, 0.2) is 0 Å².